The van der Waals surface area contributed by atoms with Gasteiger partial charge in [0.25, 0.3) is 6.85 Å². The summed E-state index contributed by atoms with van der Waals surface area (Å²) in [6.07, 6.45) is 6.39. The largest absolute Gasteiger partial charge is 0.386 e. The number of nitrogens with zero attached hydrogens (tertiary/aromatic N) is 1. The van der Waals surface area contributed by atoms with Crippen molar-refractivity contribution in [3.8, 4) is 0 Å². The molecule has 47 heavy (non-hydrogen) atoms. The van der Waals surface area contributed by atoms with E-state index in [9.17, 15) is 9.59 Å². The summed E-state index contributed by atoms with van der Waals surface area (Å²) < 4.78 is 3.48. The lowest BCUT2D eigenvalue weighted by Crippen LogP contribution is -2.31. The summed E-state index contributed by atoms with van der Waals surface area (Å²) in [4.78, 5) is 31.5. The Morgan fingerprint density at radius 3 is 1.89 bits per heavy atom. The number of halogens is 1. The Balaban J connectivity index is 1.73. The van der Waals surface area contributed by atoms with Crippen LogP contribution in [0.5, 0.6) is 0 Å². The smallest absolute Gasteiger partial charge is 0.260 e. The van der Waals surface area contributed by atoms with E-state index in [4.69, 9.17) is 0 Å². The second-order valence-corrected chi connectivity index (χ2v) is 14.3. The van der Waals surface area contributed by atoms with Crippen molar-refractivity contribution in [2.24, 2.45) is 0 Å². The first kappa shape index (κ1) is 34.7. The van der Waals surface area contributed by atoms with E-state index in [-0.39, 0.29) is 24.3 Å². The molecule has 0 amide bonds. The molecule has 0 bridgehead atoms. The number of carbonyl (C=O) groups is 2. The van der Waals surface area contributed by atoms with E-state index in [1.165, 1.54) is 22.3 Å². The Morgan fingerprint density at radius 1 is 0.723 bits per heavy atom. The number of ketones is 2. The van der Waals surface area contributed by atoms with Gasteiger partial charge in [-0.15, -0.1) is 0 Å². The highest BCUT2D eigenvalue weighted by Gasteiger charge is 2.32. The van der Waals surface area contributed by atoms with Crippen molar-refractivity contribution in [1.82, 2.24) is 9.46 Å². The van der Waals surface area contributed by atoms with Gasteiger partial charge in [0.15, 0.2) is 0 Å². The highest BCUT2D eigenvalue weighted by molar-refractivity contribution is 14.1. The van der Waals surface area contributed by atoms with Crippen LogP contribution in [0.4, 0.5) is 0 Å². The van der Waals surface area contributed by atoms with E-state index in [0.717, 1.165) is 64.5 Å². The maximum absolute atomic E-state index is 14.3. The molecule has 0 radical (unpaired) electrons. The molecule has 0 aliphatic carbocycles. The molecule has 2 aromatic heterocycles. The Morgan fingerprint density at radius 2 is 1.30 bits per heavy atom. The van der Waals surface area contributed by atoms with Crippen LogP contribution in [0.1, 0.15) is 117 Å². The Kier molecular flexibility index (Phi) is 11.4. The Hall–Kier alpha value is -3.65. The summed E-state index contributed by atoms with van der Waals surface area (Å²) in [5.41, 5.74) is 10.7. The quantitative estimate of drug-likeness (QED) is 0.0534. The fourth-order valence-corrected chi connectivity index (χ4v) is 7.37. The molecule has 0 aliphatic heterocycles. The van der Waals surface area contributed by atoms with Gasteiger partial charge in [-0.3, -0.25) is 9.59 Å². The van der Waals surface area contributed by atoms with E-state index < -0.39 is 0 Å². The van der Waals surface area contributed by atoms with Gasteiger partial charge in [-0.25, -0.2) is 0 Å². The zero-order valence-corrected chi connectivity index (χ0v) is 30.8. The van der Waals surface area contributed by atoms with E-state index in [0.29, 0.717) is 16.8 Å². The first-order valence-electron chi connectivity index (χ1n) is 17.0. The molecule has 1 atom stereocenters. The average Bonchev–Trinajstić information content (AvgIpc) is 3.71. The third-order valence-electron chi connectivity index (χ3n) is 9.34. The molecule has 0 saturated carbocycles. The van der Waals surface area contributed by atoms with Gasteiger partial charge in [-0.1, -0.05) is 99.7 Å². The third-order valence-corrected chi connectivity index (χ3v) is 10.1. The van der Waals surface area contributed by atoms with Crippen molar-refractivity contribution < 1.29 is 9.59 Å². The molecule has 0 aliphatic rings. The third kappa shape index (κ3) is 7.75. The number of aryl methyl sites for hydroxylation is 4. The van der Waals surface area contributed by atoms with Crippen LogP contribution < -0.4 is 0 Å². The highest BCUT2D eigenvalue weighted by Crippen LogP contribution is 2.38. The average molecular weight is 738 g/mol. The van der Waals surface area contributed by atoms with Gasteiger partial charge < -0.3 is 9.46 Å². The minimum absolute atomic E-state index is 0.0268. The minimum atomic E-state index is -0.195. The molecule has 2 heterocycles. The van der Waals surface area contributed by atoms with Crippen molar-refractivity contribution in [2.75, 3.05) is 0 Å². The summed E-state index contributed by atoms with van der Waals surface area (Å²) in [6, 6.07) is 28.3. The molecule has 0 fully saturated rings. The van der Waals surface area contributed by atoms with E-state index >= 15 is 0 Å². The van der Waals surface area contributed by atoms with Gasteiger partial charge in [-0.2, -0.15) is 0 Å². The van der Waals surface area contributed by atoms with Gasteiger partial charge in [0, 0.05) is 26.1 Å². The molecule has 1 N–H and O–H groups in total. The van der Waals surface area contributed by atoms with Crippen LogP contribution >= 0.6 is 22.6 Å². The van der Waals surface area contributed by atoms with Gasteiger partial charge in [0.05, 0.1) is 17.3 Å². The Labute approximate surface area is 294 Å². The van der Waals surface area contributed by atoms with E-state index in [1.54, 1.807) is 0 Å². The molecule has 4 nitrogen and oxygen atoms in total. The SMILES string of the molecule is CCCCB(CCCC)n1c(C(=O)c2ccc(I)cc2)ccc1C(c1ccc([13C](=O)c2ccc(C)cc2)[nH]1)c1c(C)cc(C)cc1C. The van der Waals surface area contributed by atoms with Crippen molar-refractivity contribution in [3.63, 3.8) is 0 Å². The normalized spacial score (nSPS) is 11.9. The van der Waals surface area contributed by atoms with Crippen LogP contribution in [0.3, 0.4) is 0 Å². The van der Waals surface area contributed by atoms with Crippen LogP contribution in [0.25, 0.3) is 0 Å². The number of aromatic nitrogens is 2. The summed E-state index contributed by atoms with van der Waals surface area (Å²) in [5, 5.41) is 0. The number of carbonyl (C=O) groups excluding carboxylic acids is 2. The molecule has 5 aromatic rings. The molecule has 3 aromatic carbocycles. The highest BCUT2D eigenvalue weighted by atomic mass is 127. The number of unbranched alkanes of at least 4 members (excludes halogenated alkanes) is 2. The van der Waals surface area contributed by atoms with Crippen LogP contribution in [-0.4, -0.2) is 27.9 Å². The molecule has 242 valence electrons. The van der Waals surface area contributed by atoms with Crippen molar-refractivity contribution in [3.05, 3.63) is 150 Å². The standard InChI is InChI=1S/C41H46BIN2O2/c1-7-9-23-42(24-10-8-2)45-36(21-22-37(45)41(47)32-15-17-33(43)18-16-32)39(38-29(5)25-28(4)26-30(38)6)34-19-20-35(44-34)40(46)31-13-11-27(3)12-14-31/h11-22,25-26,39,44H,7-10,23-24H2,1-6H3/i40+1. The predicted molar refractivity (Wildman–Crippen MR) is 205 cm³/mol. The lowest BCUT2D eigenvalue weighted by molar-refractivity contribution is 0.102. The van der Waals surface area contributed by atoms with Crippen LogP contribution in [0.2, 0.25) is 12.6 Å². The molecule has 6 heteroatoms. The molecule has 1 unspecified atom stereocenters. The number of H-pyrrole nitrogens is 1. The van der Waals surface area contributed by atoms with Gasteiger partial charge in [0.1, 0.15) is 0 Å². The Bertz CT molecular complexity index is 1820. The molecule has 5 rings (SSSR count). The van der Waals surface area contributed by atoms with Crippen molar-refractivity contribution >= 4 is 41.0 Å². The molecule has 0 saturated heterocycles. The number of hydrogen-bond acceptors (Lipinski definition) is 2. The fourth-order valence-electron chi connectivity index (χ4n) is 7.01. The van der Waals surface area contributed by atoms with Gasteiger partial charge >= 0.3 is 0 Å². The zero-order valence-electron chi connectivity index (χ0n) is 28.6. The van der Waals surface area contributed by atoms with E-state index in [2.05, 4.69) is 90.9 Å². The lowest BCUT2D eigenvalue weighted by Gasteiger charge is -2.28. The number of rotatable bonds is 14. The summed E-state index contributed by atoms with van der Waals surface area (Å²) >= 11 is 2.28. The summed E-state index contributed by atoms with van der Waals surface area (Å²) in [5.74, 6) is -0.177. The maximum atomic E-state index is 14.3. The number of benzene rings is 3. The molecule has 0 spiro atoms. The van der Waals surface area contributed by atoms with Gasteiger partial charge in [-0.05, 0) is 116 Å². The molecular weight excluding hydrogens is 691 g/mol. The first-order chi connectivity index (χ1) is 22.6. The van der Waals surface area contributed by atoms with Crippen molar-refractivity contribution in [1.29, 1.82) is 0 Å². The first-order valence-corrected chi connectivity index (χ1v) is 18.1. The maximum Gasteiger partial charge on any atom is 0.260 e. The minimum Gasteiger partial charge on any atom is -0.386 e. The second kappa shape index (κ2) is 15.5. The van der Waals surface area contributed by atoms with Crippen LogP contribution in [-0.2, 0) is 0 Å². The topological polar surface area (TPSA) is 54.9 Å². The number of hydrogen-bond donors (Lipinski definition) is 1. The molecular formula is C41H46BIN2O2. The number of aromatic amines is 1. The second-order valence-electron chi connectivity index (χ2n) is 13.1. The predicted octanol–water partition coefficient (Wildman–Crippen LogP) is 10.7. The van der Waals surface area contributed by atoms with E-state index in [1.807, 2.05) is 67.6 Å². The van der Waals surface area contributed by atoms with Crippen LogP contribution in [0.15, 0.2) is 84.9 Å². The zero-order chi connectivity index (χ0) is 33.7. The number of nitrogens with one attached hydrogen (secondary N) is 1. The van der Waals surface area contributed by atoms with Gasteiger partial charge in [0.2, 0.25) is 11.6 Å². The lowest BCUT2D eigenvalue weighted by atomic mass is 9.53. The fraction of sp³-hybridized carbons (Fsp3) is 0.317. The summed E-state index contributed by atoms with van der Waals surface area (Å²) in [7, 11) is 0. The van der Waals surface area contributed by atoms with Crippen LogP contribution in [0, 0.1) is 31.3 Å². The monoisotopic (exact) mass is 737 g/mol. The van der Waals surface area contributed by atoms with Crippen molar-refractivity contribution in [2.45, 2.75) is 85.8 Å². The summed E-state index contributed by atoms with van der Waals surface area (Å²) in [6.45, 7) is 13.2.